The molecule has 7 heteroatoms. The topological polar surface area (TPSA) is 56.7 Å². The van der Waals surface area contributed by atoms with Crippen LogP contribution in [0.1, 0.15) is 38.0 Å². The Kier molecular flexibility index (Phi) is 4.43. The zero-order chi connectivity index (χ0) is 16.4. The largest absolute Gasteiger partial charge is 0.337 e. The predicted octanol–water partition coefficient (Wildman–Crippen LogP) is 4.29. The van der Waals surface area contributed by atoms with Crippen LogP contribution in [0.5, 0.6) is 0 Å². The summed E-state index contributed by atoms with van der Waals surface area (Å²) >= 11 is 6.14. The Morgan fingerprint density at radius 3 is 2.96 bits per heavy atom. The minimum atomic E-state index is -0.422. The molecule has 5 nitrogen and oxygen atoms in total. The van der Waals surface area contributed by atoms with Crippen molar-refractivity contribution < 1.29 is 8.91 Å². The van der Waals surface area contributed by atoms with Crippen molar-refractivity contribution in [1.82, 2.24) is 19.7 Å². The first-order valence-electron chi connectivity index (χ1n) is 7.41. The van der Waals surface area contributed by atoms with E-state index in [0.717, 1.165) is 12.8 Å². The van der Waals surface area contributed by atoms with Gasteiger partial charge in [0.25, 0.3) is 0 Å². The molecule has 0 unspecified atom stereocenters. The Morgan fingerprint density at radius 1 is 1.39 bits per heavy atom. The molecular weight excluding hydrogens is 319 g/mol. The fraction of sp³-hybridized carbons (Fsp3) is 0.312. The van der Waals surface area contributed by atoms with E-state index < -0.39 is 5.82 Å². The number of aryl methyl sites for hydroxylation is 1. The molecule has 0 bridgehead atoms. The maximum Gasteiger partial charge on any atom is 0.249 e. The molecule has 0 aliphatic heterocycles. The Hall–Kier alpha value is -2.21. The zero-order valence-electron chi connectivity index (χ0n) is 12.8. The third-order valence-corrected chi connectivity index (χ3v) is 3.90. The van der Waals surface area contributed by atoms with Crippen LogP contribution >= 0.6 is 11.6 Å². The van der Waals surface area contributed by atoms with Gasteiger partial charge in [0.15, 0.2) is 5.82 Å². The Labute approximate surface area is 138 Å². The standard InChI is InChI=1S/C16H16ClFN4O/c1-3-5-13-20-16(23-21-13)10(2)22-9-8-19-15(22)14-11(17)6-4-7-12(14)18/h4,6-10H,3,5H2,1-2H3/t10-/m1/s1. The smallest absolute Gasteiger partial charge is 0.249 e. The quantitative estimate of drug-likeness (QED) is 0.698. The van der Waals surface area contributed by atoms with Gasteiger partial charge < -0.3 is 9.09 Å². The van der Waals surface area contributed by atoms with Crippen LogP contribution in [-0.4, -0.2) is 19.7 Å². The van der Waals surface area contributed by atoms with Gasteiger partial charge in [0.2, 0.25) is 5.89 Å². The maximum absolute atomic E-state index is 14.2. The van der Waals surface area contributed by atoms with E-state index in [1.165, 1.54) is 6.07 Å². The average Bonchev–Trinajstić information content (AvgIpc) is 3.16. The van der Waals surface area contributed by atoms with Crippen molar-refractivity contribution in [3.05, 3.63) is 53.1 Å². The minimum Gasteiger partial charge on any atom is -0.337 e. The highest BCUT2D eigenvalue weighted by molar-refractivity contribution is 6.33. The van der Waals surface area contributed by atoms with Gasteiger partial charge in [-0.25, -0.2) is 9.37 Å². The van der Waals surface area contributed by atoms with E-state index in [4.69, 9.17) is 16.1 Å². The summed E-state index contributed by atoms with van der Waals surface area (Å²) < 4.78 is 21.3. The molecule has 0 radical (unpaired) electrons. The first-order valence-corrected chi connectivity index (χ1v) is 7.79. The van der Waals surface area contributed by atoms with E-state index in [1.54, 1.807) is 29.1 Å². The summed E-state index contributed by atoms with van der Waals surface area (Å²) in [7, 11) is 0. The zero-order valence-corrected chi connectivity index (χ0v) is 13.6. The summed E-state index contributed by atoms with van der Waals surface area (Å²) in [6.07, 6.45) is 5.03. The van der Waals surface area contributed by atoms with Gasteiger partial charge in [0.1, 0.15) is 17.7 Å². The monoisotopic (exact) mass is 334 g/mol. The third-order valence-electron chi connectivity index (χ3n) is 3.59. The number of hydrogen-bond donors (Lipinski definition) is 0. The second-order valence-electron chi connectivity index (χ2n) is 5.23. The number of nitrogens with zero attached hydrogens (tertiary/aromatic N) is 4. The molecule has 0 amide bonds. The summed E-state index contributed by atoms with van der Waals surface area (Å²) in [5.74, 6) is 1.13. The molecule has 3 rings (SSSR count). The molecule has 1 atom stereocenters. The van der Waals surface area contributed by atoms with Crippen molar-refractivity contribution in [2.24, 2.45) is 0 Å². The normalized spacial score (nSPS) is 12.5. The average molecular weight is 335 g/mol. The molecule has 0 spiro atoms. The van der Waals surface area contributed by atoms with E-state index in [0.29, 0.717) is 22.6 Å². The molecule has 2 heterocycles. The molecule has 2 aromatic heterocycles. The molecule has 0 aliphatic rings. The summed E-state index contributed by atoms with van der Waals surface area (Å²) in [6, 6.07) is 4.28. The molecule has 0 N–H and O–H groups in total. The number of benzene rings is 1. The van der Waals surface area contributed by atoms with Crippen LogP contribution in [0.2, 0.25) is 5.02 Å². The maximum atomic E-state index is 14.2. The first kappa shape index (κ1) is 15.7. The predicted molar refractivity (Wildman–Crippen MR) is 84.7 cm³/mol. The van der Waals surface area contributed by atoms with Crippen LogP contribution in [0.25, 0.3) is 11.4 Å². The minimum absolute atomic E-state index is 0.263. The van der Waals surface area contributed by atoms with Gasteiger partial charge in [-0.15, -0.1) is 0 Å². The van der Waals surface area contributed by atoms with Crippen molar-refractivity contribution in [2.75, 3.05) is 0 Å². The fourth-order valence-electron chi connectivity index (χ4n) is 2.41. The Bertz CT molecular complexity index is 794. The lowest BCUT2D eigenvalue weighted by Crippen LogP contribution is -2.09. The molecular formula is C16H16ClFN4O. The number of imidazole rings is 1. The highest BCUT2D eigenvalue weighted by atomic mass is 35.5. The van der Waals surface area contributed by atoms with E-state index in [9.17, 15) is 4.39 Å². The Balaban J connectivity index is 2.00. The molecule has 0 saturated heterocycles. The lowest BCUT2D eigenvalue weighted by atomic mass is 10.2. The first-order chi connectivity index (χ1) is 11.1. The summed E-state index contributed by atoms with van der Waals surface area (Å²) in [6.45, 7) is 3.94. The molecule has 120 valence electrons. The van der Waals surface area contributed by atoms with Gasteiger partial charge in [0, 0.05) is 18.8 Å². The lowest BCUT2D eigenvalue weighted by Gasteiger charge is -2.14. The van der Waals surface area contributed by atoms with Gasteiger partial charge in [-0.2, -0.15) is 4.98 Å². The summed E-state index contributed by atoms with van der Waals surface area (Å²) in [5, 5.41) is 4.26. The molecule has 23 heavy (non-hydrogen) atoms. The molecule has 0 aliphatic carbocycles. The van der Waals surface area contributed by atoms with Crippen LogP contribution in [-0.2, 0) is 6.42 Å². The van der Waals surface area contributed by atoms with Crippen molar-refractivity contribution in [2.45, 2.75) is 32.7 Å². The summed E-state index contributed by atoms with van der Waals surface area (Å²) in [5.41, 5.74) is 0.263. The molecule has 1 aromatic carbocycles. The number of aromatic nitrogens is 4. The van der Waals surface area contributed by atoms with Crippen molar-refractivity contribution in [3.8, 4) is 11.4 Å². The van der Waals surface area contributed by atoms with Crippen molar-refractivity contribution >= 4 is 11.6 Å². The van der Waals surface area contributed by atoms with E-state index in [-0.39, 0.29) is 11.6 Å². The van der Waals surface area contributed by atoms with Gasteiger partial charge in [-0.05, 0) is 25.5 Å². The fourth-order valence-corrected chi connectivity index (χ4v) is 2.66. The van der Waals surface area contributed by atoms with E-state index >= 15 is 0 Å². The highest BCUT2D eigenvalue weighted by Gasteiger charge is 2.22. The third kappa shape index (κ3) is 2.99. The van der Waals surface area contributed by atoms with Crippen LogP contribution in [0.3, 0.4) is 0 Å². The number of hydrogen-bond acceptors (Lipinski definition) is 4. The van der Waals surface area contributed by atoms with E-state index in [1.807, 2.05) is 13.8 Å². The van der Waals surface area contributed by atoms with Crippen molar-refractivity contribution in [1.29, 1.82) is 0 Å². The van der Waals surface area contributed by atoms with Gasteiger partial charge >= 0.3 is 0 Å². The lowest BCUT2D eigenvalue weighted by molar-refractivity contribution is 0.342. The van der Waals surface area contributed by atoms with Gasteiger partial charge in [-0.3, -0.25) is 0 Å². The van der Waals surface area contributed by atoms with Crippen molar-refractivity contribution in [3.63, 3.8) is 0 Å². The van der Waals surface area contributed by atoms with Crippen LogP contribution in [0, 0.1) is 5.82 Å². The van der Waals surface area contributed by atoms with Crippen LogP contribution < -0.4 is 0 Å². The second kappa shape index (κ2) is 6.50. The summed E-state index contributed by atoms with van der Waals surface area (Å²) in [4.78, 5) is 8.63. The van der Waals surface area contributed by atoms with Gasteiger partial charge in [0.05, 0.1) is 10.6 Å². The number of halogens is 2. The highest BCUT2D eigenvalue weighted by Crippen LogP contribution is 2.32. The molecule has 0 fully saturated rings. The molecule has 0 saturated carbocycles. The SMILES string of the molecule is CCCc1noc([C@@H](C)n2ccnc2-c2c(F)cccc2Cl)n1. The number of rotatable bonds is 5. The second-order valence-corrected chi connectivity index (χ2v) is 5.64. The van der Waals surface area contributed by atoms with Crippen LogP contribution in [0.15, 0.2) is 35.1 Å². The Morgan fingerprint density at radius 2 is 2.22 bits per heavy atom. The van der Waals surface area contributed by atoms with Gasteiger partial charge in [-0.1, -0.05) is 29.7 Å². The van der Waals surface area contributed by atoms with Crippen LogP contribution in [0.4, 0.5) is 4.39 Å². The van der Waals surface area contributed by atoms with E-state index in [2.05, 4.69) is 15.1 Å². The molecule has 3 aromatic rings.